The number of hydrogen-bond acceptors (Lipinski definition) is 1. The quantitative estimate of drug-likeness (QED) is 0.619. The fourth-order valence-corrected chi connectivity index (χ4v) is 1.85. The van der Waals surface area contributed by atoms with Crippen molar-refractivity contribution in [1.82, 2.24) is 0 Å². The molecule has 0 aromatic heterocycles. The van der Waals surface area contributed by atoms with E-state index in [9.17, 15) is 4.79 Å². The van der Waals surface area contributed by atoms with Crippen LogP contribution in [0.3, 0.4) is 0 Å². The van der Waals surface area contributed by atoms with Gasteiger partial charge in [-0.1, -0.05) is 38.2 Å². The van der Waals surface area contributed by atoms with Crippen molar-refractivity contribution in [2.75, 3.05) is 0 Å². The van der Waals surface area contributed by atoms with E-state index in [4.69, 9.17) is 0 Å². The topological polar surface area (TPSA) is 17.1 Å². The lowest BCUT2D eigenvalue weighted by molar-refractivity contribution is -0.123. The molecule has 0 amide bonds. The molecule has 1 aliphatic rings. The summed E-state index contributed by atoms with van der Waals surface area (Å²) < 4.78 is 0. The van der Waals surface area contributed by atoms with Crippen LogP contribution in [0.4, 0.5) is 0 Å². The molecule has 1 nitrogen and oxygen atoms in total. The molecule has 0 radical (unpaired) electrons. The predicted octanol–water partition coefficient (Wildman–Crippen LogP) is 3.43. The SMILES string of the molecule is C/C=C\C=C1\C=C(C)C(=O)C(C)(C)C1. The molecule has 0 aromatic carbocycles. The first-order chi connectivity index (χ1) is 6.47. The van der Waals surface area contributed by atoms with Crippen molar-refractivity contribution in [2.24, 2.45) is 5.41 Å². The lowest BCUT2D eigenvalue weighted by Crippen LogP contribution is -2.28. The zero-order chi connectivity index (χ0) is 10.8. The Bertz CT molecular complexity index is 327. The molecule has 0 saturated heterocycles. The highest BCUT2D eigenvalue weighted by molar-refractivity contribution is 6.00. The van der Waals surface area contributed by atoms with Crippen molar-refractivity contribution in [3.63, 3.8) is 0 Å². The second kappa shape index (κ2) is 3.95. The number of rotatable bonds is 1. The van der Waals surface area contributed by atoms with Gasteiger partial charge in [-0.05, 0) is 31.4 Å². The summed E-state index contributed by atoms with van der Waals surface area (Å²) in [6, 6.07) is 0. The molecule has 0 bridgehead atoms. The van der Waals surface area contributed by atoms with E-state index in [2.05, 4.69) is 6.08 Å². The minimum atomic E-state index is -0.230. The third-order valence-corrected chi connectivity index (χ3v) is 2.52. The first kappa shape index (κ1) is 11.0. The summed E-state index contributed by atoms with van der Waals surface area (Å²) in [6.45, 7) is 7.91. The molecule has 0 aliphatic heterocycles. The van der Waals surface area contributed by atoms with Gasteiger partial charge in [-0.3, -0.25) is 4.79 Å². The first-order valence-electron chi connectivity index (χ1n) is 5.02. The predicted molar refractivity (Wildman–Crippen MR) is 60.1 cm³/mol. The third-order valence-electron chi connectivity index (χ3n) is 2.52. The van der Waals surface area contributed by atoms with Gasteiger partial charge in [0.15, 0.2) is 5.78 Å². The summed E-state index contributed by atoms with van der Waals surface area (Å²) >= 11 is 0. The second-order valence-corrected chi connectivity index (χ2v) is 4.48. The maximum absolute atomic E-state index is 11.8. The van der Waals surface area contributed by atoms with Crippen molar-refractivity contribution < 1.29 is 4.79 Å². The summed E-state index contributed by atoms with van der Waals surface area (Å²) in [5.41, 5.74) is 1.88. The van der Waals surface area contributed by atoms with E-state index in [1.807, 2.05) is 45.9 Å². The van der Waals surface area contributed by atoms with Crippen LogP contribution in [-0.4, -0.2) is 5.78 Å². The van der Waals surface area contributed by atoms with E-state index in [0.29, 0.717) is 0 Å². The summed E-state index contributed by atoms with van der Waals surface area (Å²) in [7, 11) is 0. The number of carbonyl (C=O) groups excluding carboxylic acids is 1. The molecule has 1 aliphatic carbocycles. The van der Waals surface area contributed by atoms with E-state index in [1.54, 1.807) is 0 Å². The van der Waals surface area contributed by atoms with E-state index < -0.39 is 0 Å². The third kappa shape index (κ3) is 2.22. The van der Waals surface area contributed by atoms with Gasteiger partial charge in [0, 0.05) is 5.41 Å². The minimum Gasteiger partial charge on any atom is -0.294 e. The highest BCUT2D eigenvalue weighted by Crippen LogP contribution is 2.34. The van der Waals surface area contributed by atoms with E-state index in [0.717, 1.165) is 12.0 Å². The molecular formula is C13H18O. The van der Waals surface area contributed by atoms with Gasteiger partial charge in [0.05, 0.1) is 0 Å². The largest absolute Gasteiger partial charge is 0.294 e. The van der Waals surface area contributed by atoms with Crippen LogP contribution >= 0.6 is 0 Å². The van der Waals surface area contributed by atoms with Crippen molar-refractivity contribution in [2.45, 2.75) is 34.1 Å². The monoisotopic (exact) mass is 190 g/mol. The number of allylic oxidation sites excluding steroid dienone is 6. The average molecular weight is 190 g/mol. The van der Waals surface area contributed by atoms with Gasteiger partial charge >= 0.3 is 0 Å². The second-order valence-electron chi connectivity index (χ2n) is 4.48. The number of hydrogen-bond donors (Lipinski definition) is 0. The maximum Gasteiger partial charge on any atom is 0.164 e. The van der Waals surface area contributed by atoms with Crippen molar-refractivity contribution in [1.29, 1.82) is 0 Å². The summed E-state index contributed by atoms with van der Waals surface area (Å²) in [5.74, 6) is 0.273. The number of carbonyl (C=O) groups is 1. The van der Waals surface area contributed by atoms with Crippen LogP contribution in [0.25, 0.3) is 0 Å². The van der Waals surface area contributed by atoms with Crippen LogP contribution in [0, 0.1) is 5.41 Å². The molecule has 0 atom stereocenters. The molecule has 0 unspecified atom stereocenters. The van der Waals surface area contributed by atoms with Crippen LogP contribution in [0.2, 0.25) is 0 Å². The van der Waals surface area contributed by atoms with Gasteiger partial charge in [0.1, 0.15) is 0 Å². The van der Waals surface area contributed by atoms with Gasteiger partial charge in [0.25, 0.3) is 0 Å². The van der Waals surface area contributed by atoms with Crippen LogP contribution in [-0.2, 0) is 4.79 Å². The smallest absolute Gasteiger partial charge is 0.164 e. The molecule has 14 heavy (non-hydrogen) atoms. The summed E-state index contributed by atoms with van der Waals surface area (Å²) in [4.78, 5) is 11.8. The van der Waals surface area contributed by atoms with Crippen LogP contribution in [0.15, 0.2) is 35.5 Å². The highest BCUT2D eigenvalue weighted by Gasteiger charge is 2.32. The van der Waals surface area contributed by atoms with E-state index >= 15 is 0 Å². The molecule has 76 valence electrons. The van der Waals surface area contributed by atoms with Crippen molar-refractivity contribution in [3.05, 3.63) is 35.5 Å². The Labute approximate surface area is 86.2 Å². The fourth-order valence-electron chi connectivity index (χ4n) is 1.85. The molecule has 1 heteroatoms. The molecule has 0 fully saturated rings. The van der Waals surface area contributed by atoms with E-state index in [1.165, 1.54) is 5.57 Å². The Morgan fingerprint density at radius 1 is 1.43 bits per heavy atom. The summed E-state index contributed by atoms with van der Waals surface area (Å²) in [5, 5.41) is 0. The summed E-state index contributed by atoms with van der Waals surface area (Å²) in [6.07, 6.45) is 8.93. The lowest BCUT2D eigenvalue weighted by atomic mass is 9.74. The fraction of sp³-hybridized carbons (Fsp3) is 0.462. The Hall–Kier alpha value is -1.11. The average Bonchev–Trinajstić information content (AvgIpc) is 2.10. The Morgan fingerprint density at radius 3 is 2.57 bits per heavy atom. The van der Waals surface area contributed by atoms with E-state index in [-0.39, 0.29) is 11.2 Å². The van der Waals surface area contributed by atoms with Crippen molar-refractivity contribution >= 4 is 5.78 Å². The zero-order valence-corrected chi connectivity index (χ0v) is 9.42. The molecular weight excluding hydrogens is 172 g/mol. The normalized spacial score (nSPS) is 24.4. The first-order valence-corrected chi connectivity index (χ1v) is 5.02. The van der Waals surface area contributed by atoms with Gasteiger partial charge in [0.2, 0.25) is 0 Å². The van der Waals surface area contributed by atoms with Crippen LogP contribution in [0.1, 0.15) is 34.1 Å². The number of ketones is 1. The lowest BCUT2D eigenvalue weighted by Gasteiger charge is -2.28. The van der Waals surface area contributed by atoms with Gasteiger partial charge < -0.3 is 0 Å². The molecule has 0 spiro atoms. The standard InChI is InChI=1S/C13H18O/c1-5-6-7-11-8-10(2)12(14)13(3,4)9-11/h5-8H,9H2,1-4H3/b6-5-,11-7-. The van der Waals surface area contributed by atoms with Gasteiger partial charge in [-0.15, -0.1) is 0 Å². The zero-order valence-electron chi connectivity index (χ0n) is 9.42. The Kier molecular flexibility index (Phi) is 3.10. The molecule has 0 N–H and O–H groups in total. The Balaban J connectivity index is 3.02. The van der Waals surface area contributed by atoms with Gasteiger partial charge in [-0.25, -0.2) is 0 Å². The molecule has 0 heterocycles. The highest BCUT2D eigenvalue weighted by atomic mass is 16.1. The molecule has 1 rings (SSSR count). The van der Waals surface area contributed by atoms with Crippen LogP contribution < -0.4 is 0 Å². The van der Waals surface area contributed by atoms with Gasteiger partial charge in [-0.2, -0.15) is 0 Å². The minimum absolute atomic E-state index is 0.230. The molecule has 0 saturated carbocycles. The maximum atomic E-state index is 11.8. The molecule has 0 aromatic rings. The number of Topliss-reactive ketones (excluding diaryl/α,β-unsaturated/α-hetero) is 1. The van der Waals surface area contributed by atoms with Crippen LogP contribution in [0.5, 0.6) is 0 Å². The van der Waals surface area contributed by atoms with Crippen molar-refractivity contribution in [3.8, 4) is 0 Å². The Morgan fingerprint density at radius 2 is 2.07 bits per heavy atom.